The summed E-state index contributed by atoms with van der Waals surface area (Å²) in [4.78, 5) is 25.4. The zero-order chi connectivity index (χ0) is 17.1. The lowest BCUT2D eigenvalue weighted by atomic mass is 9.97. The molecule has 0 radical (unpaired) electrons. The summed E-state index contributed by atoms with van der Waals surface area (Å²) in [5.41, 5.74) is 2.91. The third-order valence-corrected chi connectivity index (χ3v) is 4.52. The van der Waals surface area contributed by atoms with Crippen molar-refractivity contribution in [3.05, 3.63) is 17.0 Å². The minimum absolute atomic E-state index is 0.00578. The molecule has 0 unspecified atom stereocenters. The van der Waals surface area contributed by atoms with E-state index in [1.54, 1.807) is 4.90 Å². The van der Waals surface area contributed by atoms with Gasteiger partial charge in [-0.15, -0.1) is 0 Å². The molecule has 0 aliphatic carbocycles. The van der Waals surface area contributed by atoms with Gasteiger partial charge in [-0.2, -0.15) is 5.10 Å². The first-order valence-corrected chi connectivity index (χ1v) is 8.33. The number of amides is 1. The molecule has 23 heavy (non-hydrogen) atoms. The third kappa shape index (κ3) is 4.12. The summed E-state index contributed by atoms with van der Waals surface area (Å²) < 4.78 is 1.97. The number of rotatable bonds is 5. The number of nitrogens with zero attached hydrogens (tertiary/aromatic N) is 3. The van der Waals surface area contributed by atoms with Crippen molar-refractivity contribution < 1.29 is 14.7 Å². The van der Waals surface area contributed by atoms with Crippen LogP contribution in [0.3, 0.4) is 0 Å². The molecular weight excluding hydrogens is 294 g/mol. The number of hydrogen-bond acceptors (Lipinski definition) is 3. The SMILES string of the molecule is Cc1nn(CC(C)C)c(C)c1CC(=O)N1CCC[C@@H](C(=O)O)C1. The number of hydrogen-bond donors (Lipinski definition) is 1. The summed E-state index contributed by atoms with van der Waals surface area (Å²) in [6.45, 7) is 10.0. The monoisotopic (exact) mass is 321 g/mol. The van der Waals surface area contributed by atoms with Crippen LogP contribution in [0.1, 0.15) is 43.6 Å². The number of aliphatic carboxylic acids is 1. The number of aryl methyl sites for hydroxylation is 1. The van der Waals surface area contributed by atoms with E-state index in [0.29, 0.717) is 31.8 Å². The van der Waals surface area contributed by atoms with Crippen molar-refractivity contribution >= 4 is 11.9 Å². The fraction of sp³-hybridized carbons (Fsp3) is 0.706. The van der Waals surface area contributed by atoms with Crippen molar-refractivity contribution in [2.75, 3.05) is 13.1 Å². The van der Waals surface area contributed by atoms with E-state index in [2.05, 4.69) is 18.9 Å². The van der Waals surface area contributed by atoms with Crippen LogP contribution >= 0.6 is 0 Å². The fourth-order valence-corrected chi connectivity index (χ4v) is 3.18. The maximum atomic E-state index is 12.6. The number of carboxylic acids is 1. The van der Waals surface area contributed by atoms with Gasteiger partial charge in [0.05, 0.1) is 18.0 Å². The first-order chi connectivity index (χ1) is 10.8. The average molecular weight is 321 g/mol. The van der Waals surface area contributed by atoms with Crippen molar-refractivity contribution in [1.82, 2.24) is 14.7 Å². The molecule has 0 bridgehead atoms. The van der Waals surface area contributed by atoms with E-state index < -0.39 is 11.9 Å². The molecule has 1 saturated heterocycles. The Morgan fingerprint density at radius 1 is 1.35 bits per heavy atom. The first kappa shape index (κ1) is 17.5. The van der Waals surface area contributed by atoms with Crippen LogP contribution in [0.5, 0.6) is 0 Å². The summed E-state index contributed by atoms with van der Waals surface area (Å²) in [5.74, 6) is -0.737. The van der Waals surface area contributed by atoms with Crippen LogP contribution in [0.15, 0.2) is 0 Å². The Morgan fingerprint density at radius 2 is 2.04 bits per heavy atom. The highest BCUT2D eigenvalue weighted by Gasteiger charge is 2.29. The van der Waals surface area contributed by atoms with Gasteiger partial charge in [0.2, 0.25) is 5.91 Å². The second-order valence-corrected chi connectivity index (χ2v) is 6.92. The number of carbonyl (C=O) groups is 2. The third-order valence-electron chi connectivity index (χ3n) is 4.52. The standard InChI is InChI=1S/C17H27N3O3/c1-11(2)9-20-13(4)15(12(3)18-20)8-16(21)19-7-5-6-14(10-19)17(22)23/h11,14H,5-10H2,1-4H3,(H,22,23)/t14-/m1/s1. The molecule has 128 valence electrons. The van der Waals surface area contributed by atoms with Gasteiger partial charge in [-0.05, 0) is 32.6 Å². The molecule has 0 aromatic carbocycles. The molecule has 2 heterocycles. The van der Waals surface area contributed by atoms with E-state index in [1.165, 1.54) is 0 Å². The molecule has 1 aromatic rings. The predicted molar refractivity (Wildman–Crippen MR) is 87.2 cm³/mol. The average Bonchev–Trinajstić information content (AvgIpc) is 2.74. The number of likely N-dealkylation sites (tertiary alicyclic amines) is 1. The van der Waals surface area contributed by atoms with Gasteiger partial charge in [-0.25, -0.2) is 0 Å². The van der Waals surface area contributed by atoms with E-state index in [0.717, 1.165) is 29.9 Å². The lowest BCUT2D eigenvalue weighted by molar-refractivity contribution is -0.145. The molecule has 6 nitrogen and oxygen atoms in total. The molecule has 1 aliphatic rings. The van der Waals surface area contributed by atoms with Gasteiger partial charge in [0.15, 0.2) is 0 Å². The number of aromatic nitrogens is 2. The molecule has 6 heteroatoms. The topological polar surface area (TPSA) is 75.4 Å². The van der Waals surface area contributed by atoms with Gasteiger partial charge in [0.25, 0.3) is 0 Å². The summed E-state index contributed by atoms with van der Waals surface area (Å²) in [6.07, 6.45) is 1.72. The number of piperidine rings is 1. The van der Waals surface area contributed by atoms with Crippen LogP contribution in [0.25, 0.3) is 0 Å². The molecule has 1 N–H and O–H groups in total. The van der Waals surface area contributed by atoms with E-state index in [9.17, 15) is 9.59 Å². The Labute approximate surface area is 137 Å². The van der Waals surface area contributed by atoms with Crippen LogP contribution in [-0.2, 0) is 22.6 Å². The molecule has 0 spiro atoms. The molecule has 1 atom stereocenters. The molecule has 0 saturated carbocycles. The smallest absolute Gasteiger partial charge is 0.308 e. The van der Waals surface area contributed by atoms with Gasteiger partial charge in [-0.3, -0.25) is 14.3 Å². The normalized spacial score (nSPS) is 18.5. The molecular formula is C17H27N3O3. The van der Waals surface area contributed by atoms with Crippen LogP contribution < -0.4 is 0 Å². The summed E-state index contributed by atoms with van der Waals surface area (Å²) in [6, 6.07) is 0. The summed E-state index contributed by atoms with van der Waals surface area (Å²) >= 11 is 0. The minimum atomic E-state index is -0.806. The highest BCUT2D eigenvalue weighted by atomic mass is 16.4. The lowest BCUT2D eigenvalue weighted by Gasteiger charge is -2.30. The van der Waals surface area contributed by atoms with Crippen LogP contribution in [0.2, 0.25) is 0 Å². The maximum absolute atomic E-state index is 12.6. The highest BCUT2D eigenvalue weighted by molar-refractivity contribution is 5.80. The largest absolute Gasteiger partial charge is 0.481 e. The molecule has 1 amide bonds. The second-order valence-electron chi connectivity index (χ2n) is 6.92. The quantitative estimate of drug-likeness (QED) is 0.900. The maximum Gasteiger partial charge on any atom is 0.308 e. The number of carboxylic acid groups (broad SMARTS) is 1. The fourth-order valence-electron chi connectivity index (χ4n) is 3.18. The van der Waals surface area contributed by atoms with Gasteiger partial charge < -0.3 is 10.0 Å². The Kier molecular flexibility index (Phi) is 5.44. The Hall–Kier alpha value is -1.85. The van der Waals surface area contributed by atoms with Gasteiger partial charge >= 0.3 is 5.97 Å². The molecule has 2 rings (SSSR count). The van der Waals surface area contributed by atoms with E-state index in [4.69, 9.17) is 5.11 Å². The van der Waals surface area contributed by atoms with Crippen molar-refractivity contribution in [2.24, 2.45) is 11.8 Å². The lowest BCUT2D eigenvalue weighted by Crippen LogP contribution is -2.43. The molecule has 1 aromatic heterocycles. The van der Waals surface area contributed by atoms with E-state index >= 15 is 0 Å². The second kappa shape index (κ2) is 7.15. The van der Waals surface area contributed by atoms with Gasteiger partial charge in [0, 0.05) is 30.9 Å². The van der Waals surface area contributed by atoms with E-state index in [1.807, 2.05) is 18.5 Å². The highest BCUT2D eigenvalue weighted by Crippen LogP contribution is 2.20. The Balaban J connectivity index is 2.08. The summed E-state index contributed by atoms with van der Waals surface area (Å²) in [7, 11) is 0. The minimum Gasteiger partial charge on any atom is -0.481 e. The van der Waals surface area contributed by atoms with Gasteiger partial charge in [0.1, 0.15) is 0 Å². The van der Waals surface area contributed by atoms with Gasteiger partial charge in [-0.1, -0.05) is 13.8 Å². The number of carbonyl (C=O) groups excluding carboxylic acids is 1. The van der Waals surface area contributed by atoms with Crippen molar-refractivity contribution in [2.45, 2.75) is 53.5 Å². The van der Waals surface area contributed by atoms with Crippen LogP contribution in [0, 0.1) is 25.7 Å². The molecule has 1 aliphatic heterocycles. The Bertz CT molecular complexity index is 592. The van der Waals surface area contributed by atoms with Crippen molar-refractivity contribution in [3.8, 4) is 0 Å². The zero-order valence-corrected chi connectivity index (χ0v) is 14.5. The van der Waals surface area contributed by atoms with E-state index in [-0.39, 0.29) is 5.91 Å². The zero-order valence-electron chi connectivity index (χ0n) is 14.5. The predicted octanol–water partition coefficient (Wildman–Crippen LogP) is 2.02. The summed E-state index contributed by atoms with van der Waals surface area (Å²) in [5, 5.41) is 13.7. The van der Waals surface area contributed by atoms with Crippen molar-refractivity contribution in [3.63, 3.8) is 0 Å². The Morgan fingerprint density at radius 3 is 2.65 bits per heavy atom. The van der Waals surface area contributed by atoms with Crippen LogP contribution in [0.4, 0.5) is 0 Å². The first-order valence-electron chi connectivity index (χ1n) is 8.33. The van der Waals surface area contributed by atoms with Crippen LogP contribution in [-0.4, -0.2) is 44.8 Å². The van der Waals surface area contributed by atoms with Crippen molar-refractivity contribution in [1.29, 1.82) is 0 Å². The molecule has 1 fully saturated rings.